The maximum absolute atomic E-state index is 15.2. The van der Waals surface area contributed by atoms with Crippen LogP contribution in [-0.4, -0.2) is 142 Å². The number of allylic oxidation sites excluding steroid dienone is 2. The zero-order chi connectivity index (χ0) is 70.6. The minimum absolute atomic E-state index is 0.00343. The van der Waals surface area contributed by atoms with Crippen LogP contribution in [0, 0.1) is 36.5 Å². The molecule has 1 amide bonds. The molecular formula is C69H86N4O21P2. The van der Waals surface area contributed by atoms with Crippen molar-refractivity contribution in [2.75, 3.05) is 62.6 Å². The fraction of sp³-hybridized carbons (Fsp3) is 0.507. The van der Waals surface area contributed by atoms with Crippen molar-refractivity contribution in [1.29, 1.82) is 0 Å². The number of rotatable bonds is 17. The van der Waals surface area contributed by atoms with Crippen molar-refractivity contribution in [2.45, 2.75) is 145 Å². The number of methoxy groups -OCH3 is 1. The number of esters is 4. The zero-order valence-electron chi connectivity index (χ0n) is 56.5. The van der Waals surface area contributed by atoms with Gasteiger partial charge in [0.15, 0.2) is 30.9 Å². The van der Waals surface area contributed by atoms with Crippen molar-refractivity contribution in [3.8, 4) is 17.2 Å². The van der Waals surface area contributed by atoms with Crippen molar-refractivity contribution in [3.63, 3.8) is 0 Å². The van der Waals surface area contributed by atoms with E-state index >= 15 is 4.79 Å². The first-order chi connectivity index (χ1) is 45.1. The number of phenolic OH excluding ortho intramolecular Hbond substituents is 1. The topological polar surface area (TPSA) is 344 Å². The number of fused-ring (bicyclic) bond motifs is 14. The van der Waals surface area contributed by atoms with E-state index in [9.17, 15) is 58.1 Å². The van der Waals surface area contributed by atoms with Crippen molar-refractivity contribution >= 4 is 101 Å². The van der Waals surface area contributed by atoms with Gasteiger partial charge >= 0.3 is 29.7 Å². The first-order valence-corrected chi connectivity index (χ1v) is 34.7. The molecule has 0 saturated carbocycles. The first kappa shape index (κ1) is 73.8. The average Bonchev–Trinajstić information content (AvgIpc) is 1.41. The minimum Gasteiger partial charge on any atom is -0.507 e. The van der Waals surface area contributed by atoms with Gasteiger partial charge in [0.05, 0.1) is 42.1 Å². The van der Waals surface area contributed by atoms with Crippen LogP contribution in [0.3, 0.4) is 0 Å². The largest absolute Gasteiger partial charge is 0.507 e. The lowest BCUT2D eigenvalue weighted by molar-refractivity contribution is -0.166. The quantitative estimate of drug-likeness (QED) is 0.0110. The first-order valence-electron chi connectivity index (χ1n) is 31.9. The molecule has 1 saturated heterocycles. The van der Waals surface area contributed by atoms with Gasteiger partial charge < -0.3 is 68.0 Å². The molecule has 5 bridgehead atoms. The number of piperazine rings is 1. The fourth-order valence-corrected chi connectivity index (χ4v) is 14.7. The maximum atomic E-state index is 15.2. The van der Waals surface area contributed by atoms with E-state index in [0.29, 0.717) is 24.7 Å². The molecule has 0 aliphatic carbocycles. The monoisotopic (exact) mass is 1370 g/mol. The molecule has 25 nitrogen and oxygen atoms in total. The third-order valence-electron chi connectivity index (χ3n) is 18.0. The number of nitrogens with zero attached hydrogens (tertiary/aromatic N) is 3. The molecule has 10 atom stereocenters. The van der Waals surface area contributed by atoms with E-state index in [-0.39, 0.29) is 92.2 Å². The molecule has 4 aromatic carbocycles. The highest BCUT2D eigenvalue weighted by atomic mass is 31.2. The minimum atomic E-state index is -4.10. The molecule has 518 valence electrons. The molecule has 9 rings (SSSR count). The van der Waals surface area contributed by atoms with E-state index in [4.69, 9.17) is 42.6 Å². The number of aliphatic hydroxyl groups excluding tert-OH is 2. The number of carbonyl (C=O) groups is 5. The highest BCUT2D eigenvalue weighted by Gasteiger charge is 2.45. The van der Waals surface area contributed by atoms with Gasteiger partial charge in [-0.2, -0.15) is 0 Å². The van der Waals surface area contributed by atoms with Gasteiger partial charge in [0.1, 0.15) is 46.6 Å². The van der Waals surface area contributed by atoms with Crippen LogP contribution >= 0.6 is 15.8 Å². The number of benzene rings is 4. The second kappa shape index (κ2) is 30.2. The number of nitrogens with one attached hydrogen (secondary N) is 1. The van der Waals surface area contributed by atoms with Crippen LogP contribution in [-0.2, 0) is 62.2 Å². The second-order valence-electron chi connectivity index (χ2n) is 26.3. The normalized spacial score (nSPS) is 25.0. The predicted octanol–water partition coefficient (Wildman–Crippen LogP) is 8.65. The van der Waals surface area contributed by atoms with Crippen molar-refractivity contribution < 1.29 is 90.9 Å². The summed E-state index contributed by atoms with van der Waals surface area (Å²) in [4.78, 5) is 116. The van der Waals surface area contributed by atoms with Crippen LogP contribution in [0.25, 0.3) is 38.7 Å². The van der Waals surface area contributed by atoms with E-state index in [1.54, 1.807) is 53.7 Å². The summed E-state index contributed by atoms with van der Waals surface area (Å²) in [5.41, 5.74) is -2.91. The molecule has 5 heterocycles. The van der Waals surface area contributed by atoms with Gasteiger partial charge in [-0.15, -0.1) is 0 Å². The van der Waals surface area contributed by atoms with Gasteiger partial charge in [0.2, 0.25) is 18.2 Å². The van der Waals surface area contributed by atoms with E-state index in [1.165, 1.54) is 90.5 Å². The summed E-state index contributed by atoms with van der Waals surface area (Å²) >= 11 is 0. The Labute approximate surface area is 557 Å². The van der Waals surface area contributed by atoms with Gasteiger partial charge in [-0.3, -0.25) is 47.6 Å². The average molecular weight is 1370 g/mol. The van der Waals surface area contributed by atoms with Crippen LogP contribution in [0.4, 0.5) is 11.4 Å². The van der Waals surface area contributed by atoms with Gasteiger partial charge in [-0.1, -0.05) is 73.6 Å². The summed E-state index contributed by atoms with van der Waals surface area (Å²) in [7, 11) is -3.26. The summed E-state index contributed by atoms with van der Waals surface area (Å²) in [6, 6.07) is 7.03. The Morgan fingerprint density at radius 2 is 1.59 bits per heavy atom. The molecule has 96 heavy (non-hydrogen) atoms. The number of carbonyl (C=O) groups excluding carboxylic acids is 5. The van der Waals surface area contributed by atoms with Gasteiger partial charge in [-0.05, 0) is 50.5 Å². The van der Waals surface area contributed by atoms with Gasteiger partial charge in [-0.25, -0.2) is 4.98 Å². The molecule has 27 heteroatoms. The summed E-state index contributed by atoms with van der Waals surface area (Å²) in [5, 5.41) is 38.8. The number of hydrogen-bond donors (Lipinski definition) is 5. The van der Waals surface area contributed by atoms with Crippen molar-refractivity contribution in [1.82, 2.24) is 9.88 Å². The Bertz CT molecular complexity index is 4190. The maximum Gasteiger partial charge on any atom is 0.308 e. The molecule has 1 fully saturated rings. The van der Waals surface area contributed by atoms with Crippen molar-refractivity contribution in [2.24, 2.45) is 29.6 Å². The number of aromatic nitrogens is 1. The third-order valence-corrected chi connectivity index (χ3v) is 21.1. The zero-order valence-corrected chi connectivity index (χ0v) is 58.3. The van der Waals surface area contributed by atoms with Crippen molar-refractivity contribution in [3.05, 3.63) is 103 Å². The Hall–Kier alpha value is -8.05. The highest BCUT2D eigenvalue weighted by Crippen LogP contribution is 2.46. The lowest BCUT2D eigenvalue weighted by Gasteiger charge is -2.39. The van der Waals surface area contributed by atoms with Crippen LogP contribution in [0.5, 0.6) is 17.2 Å². The van der Waals surface area contributed by atoms with Crippen LogP contribution < -0.4 is 41.1 Å². The number of hydrogen-bond acceptors (Lipinski definition) is 23. The van der Waals surface area contributed by atoms with E-state index in [2.05, 4.69) is 29.0 Å². The number of aromatic hydroxyl groups is 1. The van der Waals surface area contributed by atoms with E-state index in [1.807, 2.05) is 0 Å². The molecular weight excluding hydrogens is 1280 g/mol. The Kier molecular flexibility index (Phi) is 23.2. The molecule has 0 spiro atoms. The van der Waals surface area contributed by atoms with Crippen LogP contribution in [0.15, 0.2) is 80.5 Å². The number of ether oxygens (including phenoxy) is 7. The summed E-state index contributed by atoms with van der Waals surface area (Å²) in [6.45, 7) is 24.4. The lowest BCUT2D eigenvalue weighted by Crippen LogP contribution is -2.47. The summed E-state index contributed by atoms with van der Waals surface area (Å²) < 4.78 is 72.4. The number of amides is 1. The van der Waals surface area contributed by atoms with Gasteiger partial charge in [0, 0.05) is 141 Å². The predicted molar refractivity (Wildman–Crippen MR) is 360 cm³/mol. The smallest absolute Gasteiger partial charge is 0.308 e. The van der Waals surface area contributed by atoms with Gasteiger partial charge in [0.25, 0.3) is 5.91 Å². The highest BCUT2D eigenvalue weighted by molar-refractivity contribution is 7.72. The molecule has 4 aliphatic heterocycles. The molecule has 5 aromatic rings. The Balaban J connectivity index is 1.15. The molecule has 1 unspecified atom stereocenters. The van der Waals surface area contributed by atoms with E-state index in [0.717, 1.165) is 19.6 Å². The molecule has 5 N–H and O–H groups in total. The van der Waals surface area contributed by atoms with Crippen LogP contribution in [0.1, 0.15) is 113 Å². The number of aliphatic hydroxyl groups is 2. The number of phenols is 1. The summed E-state index contributed by atoms with van der Waals surface area (Å²) in [6.07, 6.45) is 2.15. The summed E-state index contributed by atoms with van der Waals surface area (Å²) in [5.74, 6) is -10.3. The molecule has 0 radical (unpaired) electrons. The second-order valence-corrected chi connectivity index (χ2v) is 29.6. The SMILES string of the molecule is CO[C@H]1/C=C/O[C@@]2(C)Oc3c(C)c(O)c4c(=O)c(c5oc6cc(N7CCN(CC(C)C)CC7)cc(=O)c6nc5c4c3=C2O)NC(=O)/C(C)=C\C=C\[C@H](C)[C@H](OC(=O)CCCOC(=O)CC(C)(C)c2cc(P(=O)(O)CP=O)ccc2OC(C)=O)[C@@H](C)[C@@H](O)[C@@H](C)[C@H](OC(C)=O)[C@@H]1C. The fourth-order valence-electron chi connectivity index (χ4n) is 12.8. The Morgan fingerprint density at radius 3 is 2.24 bits per heavy atom. The third kappa shape index (κ3) is 16.0. The standard InChI is InChI=1S/C69H86N4O21P2/c1-35(2)33-72-23-25-73(26-24-72)44-29-47(76)56-50(30-44)92-65-57(70-56)53-54-60(80)41(8)64-55(53)66(82)69(13,94-64)89-28-22-48(87-14)38(5)63(91-43(10)75)40(7)59(79)39(6)62(36(3)17-15-18-37(4)67(83)71-58(65)61(54)81)93-51(77)19-16-27-88-52(78)32-68(11,12)46-31-45(96(85,86)34-95-84)20-21-49(46)90-42(9)74/h15,17-18,20-22,28-31,35-36,38-40,48,59,62-63,79-80,82H,16,19,23-27,32-34H2,1-14H3,(H,71,83)(H,85,86)/b17-15+,28-22+,37-18-/t36-,38+,39-,40+,48-,59+,62-,63+,69-/m0/s1. The lowest BCUT2D eigenvalue weighted by atomic mass is 9.78. The molecule has 4 aliphatic rings. The number of anilines is 2. The Morgan fingerprint density at radius 1 is 0.906 bits per heavy atom. The molecule has 1 aromatic heterocycles. The van der Waals surface area contributed by atoms with Crippen LogP contribution in [0.2, 0.25) is 0 Å². The van der Waals surface area contributed by atoms with E-state index < -0.39 is 144 Å².